The Morgan fingerprint density at radius 2 is 1.68 bits per heavy atom. The van der Waals surface area contributed by atoms with Crippen molar-refractivity contribution in [1.29, 1.82) is 0 Å². The Bertz CT molecular complexity index is 630. The maximum atomic E-state index is 11.9. The molecule has 0 heterocycles. The smallest absolute Gasteiger partial charge is 0.244 e. The van der Waals surface area contributed by atoms with E-state index in [-0.39, 0.29) is 5.91 Å². The van der Waals surface area contributed by atoms with Crippen LogP contribution < -0.4 is 5.43 Å². The number of nitrogens with one attached hydrogen (secondary N) is 1. The lowest BCUT2D eigenvalue weighted by Crippen LogP contribution is -2.21. The number of carbonyl (C=O) groups excluding carboxylic acids is 1. The summed E-state index contributed by atoms with van der Waals surface area (Å²) in [7, 11) is 0. The first-order valence-electron chi connectivity index (χ1n) is 7.65. The van der Waals surface area contributed by atoms with Crippen molar-refractivity contribution in [3.8, 4) is 0 Å². The van der Waals surface area contributed by atoms with Gasteiger partial charge in [0.1, 0.15) is 0 Å². The Hall–Kier alpha value is -2.42. The molecule has 0 aliphatic heterocycles. The van der Waals surface area contributed by atoms with E-state index in [9.17, 15) is 4.79 Å². The Balaban J connectivity index is 1.92. The molecule has 0 saturated carbocycles. The first kappa shape index (κ1) is 16.0. The summed E-state index contributed by atoms with van der Waals surface area (Å²) < 4.78 is 0. The standard InChI is InChI=1S/C19H22N2O/c1-3-7-16-10-12-18(13-11-16)15(2)20-21-19(22)14-17-8-5-4-6-9-17/h4-6,8-13H,3,7,14H2,1-2H3,(H,21,22)/b20-15+. The summed E-state index contributed by atoms with van der Waals surface area (Å²) in [5.41, 5.74) is 6.76. The topological polar surface area (TPSA) is 41.5 Å². The Morgan fingerprint density at radius 3 is 2.32 bits per heavy atom. The molecule has 0 aliphatic carbocycles. The van der Waals surface area contributed by atoms with Gasteiger partial charge in [-0.15, -0.1) is 0 Å². The molecular weight excluding hydrogens is 272 g/mol. The van der Waals surface area contributed by atoms with Crippen molar-refractivity contribution in [2.75, 3.05) is 0 Å². The van der Waals surface area contributed by atoms with E-state index < -0.39 is 0 Å². The molecule has 3 heteroatoms. The van der Waals surface area contributed by atoms with Gasteiger partial charge in [0.25, 0.3) is 0 Å². The van der Waals surface area contributed by atoms with Gasteiger partial charge in [0.2, 0.25) is 5.91 Å². The van der Waals surface area contributed by atoms with Gasteiger partial charge in [-0.2, -0.15) is 5.10 Å². The number of hydrogen-bond acceptors (Lipinski definition) is 2. The van der Waals surface area contributed by atoms with Crippen LogP contribution in [0.15, 0.2) is 59.7 Å². The zero-order chi connectivity index (χ0) is 15.8. The zero-order valence-corrected chi connectivity index (χ0v) is 13.2. The number of hydrogen-bond donors (Lipinski definition) is 1. The molecule has 114 valence electrons. The Kier molecular flexibility index (Phi) is 5.90. The van der Waals surface area contributed by atoms with E-state index in [1.807, 2.05) is 49.4 Å². The first-order valence-corrected chi connectivity index (χ1v) is 7.65. The second kappa shape index (κ2) is 8.13. The molecule has 3 nitrogen and oxygen atoms in total. The van der Waals surface area contributed by atoms with Crippen LogP contribution in [0.5, 0.6) is 0 Å². The maximum Gasteiger partial charge on any atom is 0.244 e. The second-order valence-electron chi connectivity index (χ2n) is 5.34. The molecule has 0 saturated heterocycles. The largest absolute Gasteiger partial charge is 0.273 e. The van der Waals surface area contributed by atoms with Crippen molar-refractivity contribution in [2.45, 2.75) is 33.1 Å². The highest BCUT2D eigenvalue weighted by Gasteiger charge is 2.03. The normalized spacial score (nSPS) is 11.3. The summed E-state index contributed by atoms with van der Waals surface area (Å²) in [5.74, 6) is -0.104. The predicted molar refractivity (Wildman–Crippen MR) is 90.9 cm³/mol. The molecule has 0 fully saturated rings. The van der Waals surface area contributed by atoms with Crippen molar-refractivity contribution in [3.63, 3.8) is 0 Å². The molecule has 0 radical (unpaired) electrons. The van der Waals surface area contributed by atoms with Crippen LogP contribution in [0.3, 0.4) is 0 Å². The fourth-order valence-corrected chi connectivity index (χ4v) is 2.23. The van der Waals surface area contributed by atoms with E-state index in [0.717, 1.165) is 29.7 Å². The van der Waals surface area contributed by atoms with Gasteiger partial charge in [0.05, 0.1) is 12.1 Å². The number of rotatable bonds is 6. The summed E-state index contributed by atoms with van der Waals surface area (Å²) in [6.07, 6.45) is 2.57. The van der Waals surface area contributed by atoms with Crippen LogP contribution >= 0.6 is 0 Å². The molecule has 0 unspecified atom stereocenters. The van der Waals surface area contributed by atoms with Crippen molar-refractivity contribution < 1.29 is 4.79 Å². The number of amides is 1. The highest BCUT2D eigenvalue weighted by atomic mass is 16.2. The lowest BCUT2D eigenvalue weighted by Gasteiger charge is -2.05. The molecule has 0 aliphatic rings. The number of hydrazone groups is 1. The van der Waals surface area contributed by atoms with Crippen LogP contribution in [-0.4, -0.2) is 11.6 Å². The number of carbonyl (C=O) groups is 1. The molecule has 2 aromatic rings. The molecule has 2 aromatic carbocycles. The lowest BCUT2D eigenvalue weighted by molar-refractivity contribution is -0.120. The van der Waals surface area contributed by atoms with Gasteiger partial charge in [-0.25, -0.2) is 5.43 Å². The van der Waals surface area contributed by atoms with Crippen molar-refractivity contribution in [3.05, 3.63) is 71.3 Å². The second-order valence-corrected chi connectivity index (χ2v) is 5.34. The van der Waals surface area contributed by atoms with Crippen LogP contribution in [-0.2, 0) is 17.6 Å². The predicted octanol–water partition coefficient (Wildman–Crippen LogP) is 3.72. The summed E-state index contributed by atoms with van der Waals surface area (Å²) in [4.78, 5) is 11.9. The quantitative estimate of drug-likeness (QED) is 0.640. The average molecular weight is 294 g/mol. The maximum absolute atomic E-state index is 11.9. The van der Waals surface area contributed by atoms with Crippen LogP contribution in [0.1, 0.15) is 37.0 Å². The van der Waals surface area contributed by atoms with Gasteiger partial charge in [-0.05, 0) is 30.0 Å². The van der Waals surface area contributed by atoms with Crippen molar-refractivity contribution >= 4 is 11.6 Å². The van der Waals surface area contributed by atoms with Gasteiger partial charge in [-0.3, -0.25) is 4.79 Å². The molecule has 1 N–H and O–H groups in total. The van der Waals surface area contributed by atoms with Crippen LogP contribution in [0.2, 0.25) is 0 Å². The van der Waals surface area contributed by atoms with E-state index in [1.165, 1.54) is 5.56 Å². The SMILES string of the molecule is CCCc1ccc(/C(C)=N/NC(=O)Cc2ccccc2)cc1. The van der Waals surface area contributed by atoms with E-state index in [4.69, 9.17) is 0 Å². The highest BCUT2D eigenvalue weighted by Crippen LogP contribution is 2.07. The minimum atomic E-state index is -0.104. The molecule has 2 rings (SSSR count). The molecule has 0 spiro atoms. The first-order chi connectivity index (χ1) is 10.7. The van der Waals surface area contributed by atoms with Crippen molar-refractivity contribution in [1.82, 2.24) is 5.43 Å². The fraction of sp³-hybridized carbons (Fsp3) is 0.263. The molecule has 0 bridgehead atoms. The third-order valence-electron chi connectivity index (χ3n) is 3.47. The fourth-order valence-electron chi connectivity index (χ4n) is 2.23. The summed E-state index contributed by atoms with van der Waals surface area (Å²) in [6.45, 7) is 4.07. The van der Waals surface area contributed by atoms with Gasteiger partial charge in [0, 0.05) is 0 Å². The van der Waals surface area contributed by atoms with Gasteiger partial charge in [-0.1, -0.05) is 67.9 Å². The van der Waals surface area contributed by atoms with E-state index >= 15 is 0 Å². The van der Waals surface area contributed by atoms with Crippen LogP contribution in [0.25, 0.3) is 0 Å². The van der Waals surface area contributed by atoms with E-state index in [0.29, 0.717) is 6.42 Å². The average Bonchev–Trinajstić information content (AvgIpc) is 2.54. The lowest BCUT2D eigenvalue weighted by atomic mass is 10.1. The third kappa shape index (κ3) is 4.85. The van der Waals surface area contributed by atoms with Crippen molar-refractivity contribution in [2.24, 2.45) is 5.10 Å². The molecule has 22 heavy (non-hydrogen) atoms. The zero-order valence-electron chi connectivity index (χ0n) is 13.2. The number of benzene rings is 2. The van der Waals surface area contributed by atoms with Crippen LogP contribution in [0, 0.1) is 0 Å². The molecular formula is C19H22N2O. The van der Waals surface area contributed by atoms with Gasteiger partial charge in [0.15, 0.2) is 0 Å². The minimum absolute atomic E-state index is 0.104. The third-order valence-corrected chi connectivity index (χ3v) is 3.47. The number of nitrogens with zero attached hydrogens (tertiary/aromatic N) is 1. The molecule has 0 atom stereocenters. The molecule has 0 aromatic heterocycles. The Morgan fingerprint density at radius 1 is 1.00 bits per heavy atom. The van der Waals surface area contributed by atoms with Gasteiger partial charge >= 0.3 is 0 Å². The number of aryl methyl sites for hydroxylation is 1. The summed E-state index contributed by atoms with van der Waals surface area (Å²) in [6, 6.07) is 18.0. The van der Waals surface area contributed by atoms with E-state index in [1.54, 1.807) is 0 Å². The monoisotopic (exact) mass is 294 g/mol. The minimum Gasteiger partial charge on any atom is -0.273 e. The molecule has 1 amide bonds. The van der Waals surface area contributed by atoms with Crippen LogP contribution in [0.4, 0.5) is 0 Å². The Labute approximate surface area is 132 Å². The highest BCUT2D eigenvalue weighted by molar-refractivity contribution is 5.99. The summed E-state index contributed by atoms with van der Waals surface area (Å²) >= 11 is 0. The summed E-state index contributed by atoms with van der Waals surface area (Å²) in [5, 5.41) is 4.18. The van der Waals surface area contributed by atoms with Gasteiger partial charge < -0.3 is 0 Å². The van der Waals surface area contributed by atoms with E-state index in [2.05, 4.69) is 29.6 Å².